The summed E-state index contributed by atoms with van der Waals surface area (Å²) in [6, 6.07) is 10.4. The average molecular weight is 351 g/mol. The van der Waals surface area contributed by atoms with E-state index in [9.17, 15) is 8.42 Å². The van der Waals surface area contributed by atoms with Crippen LogP contribution in [0.2, 0.25) is 0 Å². The van der Waals surface area contributed by atoms with Crippen molar-refractivity contribution in [1.29, 1.82) is 0 Å². The van der Waals surface area contributed by atoms with Crippen LogP contribution in [0.3, 0.4) is 0 Å². The zero-order chi connectivity index (χ0) is 16.3. The molecule has 0 bridgehead atoms. The first kappa shape index (κ1) is 16.5. The van der Waals surface area contributed by atoms with E-state index in [1.165, 1.54) is 5.56 Å². The van der Waals surface area contributed by atoms with Crippen molar-refractivity contribution in [1.82, 2.24) is 14.8 Å². The molecule has 1 atom stereocenters. The predicted molar refractivity (Wildman–Crippen MR) is 92.5 cm³/mol. The molecule has 1 unspecified atom stereocenters. The van der Waals surface area contributed by atoms with Crippen LogP contribution >= 0.6 is 11.8 Å². The minimum absolute atomic E-state index is 0.00355. The first-order valence-corrected chi connectivity index (χ1v) is 10.6. The fraction of sp³-hybridized carbons (Fsp3) is 0.500. The molecule has 2 heterocycles. The number of hydrogen-bond acceptors (Lipinski definition) is 5. The molecule has 1 aliphatic heterocycles. The van der Waals surface area contributed by atoms with E-state index >= 15 is 0 Å². The van der Waals surface area contributed by atoms with E-state index in [0.29, 0.717) is 6.42 Å². The van der Waals surface area contributed by atoms with E-state index in [4.69, 9.17) is 0 Å². The van der Waals surface area contributed by atoms with Crippen molar-refractivity contribution in [3.05, 3.63) is 41.7 Å². The van der Waals surface area contributed by atoms with Gasteiger partial charge in [-0.3, -0.25) is 0 Å². The molecule has 1 aliphatic rings. The first-order chi connectivity index (χ1) is 11.1. The Balaban J connectivity index is 1.53. The van der Waals surface area contributed by atoms with Gasteiger partial charge in [-0.25, -0.2) is 8.42 Å². The Kier molecular flexibility index (Phi) is 5.06. The summed E-state index contributed by atoms with van der Waals surface area (Å²) in [5.74, 6) is 2.25. The lowest BCUT2D eigenvalue weighted by Crippen LogP contribution is -2.09. The largest absolute Gasteiger partial charge is 0.309 e. The number of hydrogen-bond donors (Lipinski definition) is 0. The highest BCUT2D eigenvalue weighted by Crippen LogP contribution is 2.29. The van der Waals surface area contributed by atoms with Crippen molar-refractivity contribution in [2.75, 3.05) is 17.3 Å². The zero-order valence-electron chi connectivity index (χ0n) is 13.2. The molecule has 0 aliphatic carbocycles. The third-order valence-corrected chi connectivity index (χ3v) is 7.02. The highest BCUT2D eigenvalue weighted by molar-refractivity contribution is 7.99. The van der Waals surface area contributed by atoms with E-state index in [0.717, 1.165) is 29.6 Å². The van der Waals surface area contributed by atoms with Gasteiger partial charge in [0, 0.05) is 18.7 Å². The maximum Gasteiger partial charge on any atom is 0.190 e. The van der Waals surface area contributed by atoms with Gasteiger partial charge in [0.15, 0.2) is 15.0 Å². The van der Waals surface area contributed by atoms with Crippen molar-refractivity contribution in [2.24, 2.45) is 7.05 Å². The first-order valence-electron chi connectivity index (χ1n) is 7.81. The van der Waals surface area contributed by atoms with Crippen LogP contribution in [-0.2, 0) is 23.3 Å². The molecule has 1 saturated heterocycles. The lowest BCUT2D eigenvalue weighted by molar-refractivity contribution is 0.599. The smallest absolute Gasteiger partial charge is 0.190 e. The van der Waals surface area contributed by atoms with Crippen molar-refractivity contribution < 1.29 is 8.42 Å². The van der Waals surface area contributed by atoms with E-state index in [-0.39, 0.29) is 17.4 Å². The third-order valence-electron chi connectivity index (χ3n) is 4.15. The van der Waals surface area contributed by atoms with Crippen LogP contribution in [0, 0.1) is 0 Å². The van der Waals surface area contributed by atoms with Crippen molar-refractivity contribution in [3.8, 4) is 0 Å². The predicted octanol–water partition coefficient (Wildman–Crippen LogP) is 2.44. The van der Waals surface area contributed by atoms with Gasteiger partial charge in [0.1, 0.15) is 5.82 Å². The summed E-state index contributed by atoms with van der Waals surface area (Å²) < 4.78 is 25.2. The molecule has 7 heteroatoms. The molecule has 124 valence electrons. The van der Waals surface area contributed by atoms with E-state index < -0.39 is 9.84 Å². The average Bonchev–Trinajstić information content (AvgIpc) is 3.07. The summed E-state index contributed by atoms with van der Waals surface area (Å²) in [6.07, 6.45) is 2.79. The number of aryl methyl sites for hydroxylation is 1. The van der Waals surface area contributed by atoms with Crippen molar-refractivity contribution in [3.63, 3.8) is 0 Å². The molecular weight excluding hydrogens is 330 g/mol. The summed E-state index contributed by atoms with van der Waals surface area (Å²) in [4.78, 5) is 0. The molecular formula is C16H21N3O2S2. The molecule has 0 N–H and O–H groups in total. The van der Waals surface area contributed by atoms with Gasteiger partial charge in [0.2, 0.25) is 0 Å². The number of nitrogens with zero attached hydrogens (tertiary/aromatic N) is 3. The van der Waals surface area contributed by atoms with Crippen molar-refractivity contribution >= 4 is 21.6 Å². The second-order valence-electron chi connectivity index (χ2n) is 5.94. The van der Waals surface area contributed by atoms with Crippen LogP contribution < -0.4 is 0 Å². The second kappa shape index (κ2) is 7.05. The van der Waals surface area contributed by atoms with Crippen LogP contribution in [0.1, 0.15) is 30.1 Å². The SMILES string of the molecule is Cn1c(SCCCc2ccccc2)nnc1C1CCS(=O)(=O)C1. The van der Waals surface area contributed by atoms with E-state index in [1.807, 2.05) is 17.7 Å². The van der Waals surface area contributed by atoms with Gasteiger partial charge in [-0.1, -0.05) is 42.1 Å². The second-order valence-corrected chi connectivity index (χ2v) is 9.23. The van der Waals surface area contributed by atoms with E-state index in [1.54, 1.807) is 11.8 Å². The standard InChI is InChI=1S/C16H21N3O2S2/c1-19-15(14-9-11-23(20,21)12-14)17-18-16(19)22-10-5-8-13-6-3-2-4-7-13/h2-4,6-7,14H,5,8-12H2,1H3. The normalized spacial score (nSPS) is 20.0. The quantitative estimate of drug-likeness (QED) is 0.591. The monoisotopic (exact) mass is 351 g/mol. The molecule has 3 rings (SSSR count). The maximum absolute atomic E-state index is 11.6. The summed E-state index contributed by atoms with van der Waals surface area (Å²) in [7, 11) is -0.960. The summed E-state index contributed by atoms with van der Waals surface area (Å²) in [6.45, 7) is 0. The third kappa shape index (κ3) is 4.14. The Morgan fingerprint density at radius 1 is 1.26 bits per heavy atom. The van der Waals surface area contributed by atoms with E-state index in [2.05, 4.69) is 34.5 Å². The van der Waals surface area contributed by atoms with Crippen LogP contribution in [-0.4, -0.2) is 40.4 Å². The number of thioether (sulfide) groups is 1. The Morgan fingerprint density at radius 2 is 2.04 bits per heavy atom. The fourth-order valence-corrected chi connectivity index (χ4v) is 5.49. The highest BCUT2D eigenvalue weighted by atomic mass is 32.2. The molecule has 0 spiro atoms. The molecule has 5 nitrogen and oxygen atoms in total. The zero-order valence-corrected chi connectivity index (χ0v) is 14.8. The fourth-order valence-electron chi connectivity index (χ4n) is 2.89. The van der Waals surface area contributed by atoms with Crippen LogP contribution in [0.25, 0.3) is 0 Å². The molecule has 0 amide bonds. The van der Waals surface area contributed by atoms with Gasteiger partial charge >= 0.3 is 0 Å². The molecule has 1 aromatic carbocycles. The van der Waals surface area contributed by atoms with Crippen LogP contribution in [0.4, 0.5) is 0 Å². The van der Waals surface area contributed by atoms with Crippen LogP contribution in [0.15, 0.2) is 35.5 Å². The summed E-state index contributed by atoms with van der Waals surface area (Å²) >= 11 is 1.69. The molecule has 0 saturated carbocycles. The molecule has 23 heavy (non-hydrogen) atoms. The molecule has 1 fully saturated rings. The van der Waals surface area contributed by atoms with Gasteiger partial charge in [-0.2, -0.15) is 0 Å². The maximum atomic E-state index is 11.6. The molecule has 2 aromatic rings. The highest BCUT2D eigenvalue weighted by Gasteiger charge is 2.32. The molecule has 1 aromatic heterocycles. The minimum Gasteiger partial charge on any atom is -0.309 e. The minimum atomic E-state index is -2.89. The van der Waals surface area contributed by atoms with Gasteiger partial charge in [0.25, 0.3) is 0 Å². The van der Waals surface area contributed by atoms with Gasteiger partial charge < -0.3 is 4.57 Å². The number of benzene rings is 1. The lowest BCUT2D eigenvalue weighted by atomic mass is 10.1. The Morgan fingerprint density at radius 3 is 2.74 bits per heavy atom. The van der Waals surface area contributed by atoms with Gasteiger partial charge in [-0.15, -0.1) is 10.2 Å². The van der Waals surface area contributed by atoms with Crippen molar-refractivity contribution in [2.45, 2.75) is 30.3 Å². The van der Waals surface area contributed by atoms with Gasteiger partial charge in [0.05, 0.1) is 11.5 Å². The topological polar surface area (TPSA) is 64.8 Å². The molecule has 0 radical (unpaired) electrons. The Hall–Kier alpha value is -1.34. The Bertz CT molecular complexity index is 757. The lowest BCUT2D eigenvalue weighted by Gasteiger charge is -2.08. The number of rotatable bonds is 6. The number of sulfone groups is 1. The van der Waals surface area contributed by atoms with Gasteiger partial charge in [-0.05, 0) is 24.8 Å². The van der Waals surface area contributed by atoms with Crippen LogP contribution in [0.5, 0.6) is 0 Å². The Labute approximate surface area is 141 Å². The summed E-state index contributed by atoms with van der Waals surface area (Å²) in [5.41, 5.74) is 1.35. The number of aromatic nitrogens is 3. The summed E-state index contributed by atoms with van der Waals surface area (Å²) in [5, 5.41) is 9.33.